The molecule has 37 heavy (non-hydrogen) atoms. The zero-order valence-electron chi connectivity index (χ0n) is 18.9. The summed E-state index contributed by atoms with van der Waals surface area (Å²) in [5, 5.41) is 0. The van der Waals surface area contributed by atoms with Crippen LogP contribution in [0.3, 0.4) is 0 Å². The molecular formula is C28H23NaO6S2. The first-order valence-corrected chi connectivity index (χ1v) is 13.7. The first-order chi connectivity index (χ1) is 17.1. The summed E-state index contributed by atoms with van der Waals surface area (Å²) >= 11 is 0. The van der Waals surface area contributed by atoms with Gasteiger partial charge in [0.1, 0.15) is 9.81 Å². The van der Waals surface area contributed by atoms with Crippen LogP contribution in [0.25, 0.3) is 33.1 Å². The molecule has 0 heterocycles. The van der Waals surface area contributed by atoms with E-state index >= 15 is 0 Å². The molecule has 0 aliphatic carbocycles. The summed E-state index contributed by atoms with van der Waals surface area (Å²) in [7, 11) is -8.95. The van der Waals surface area contributed by atoms with E-state index in [-0.39, 0.29) is 39.4 Å². The zero-order valence-corrected chi connectivity index (χ0v) is 20.5. The zero-order chi connectivity index (χ0) is 25.8. The maximum atomic E-state index is 12.0. The van der Waals surface area contributed by atoms with E-state index in [9.17, 15) is 25.9 Å². The van der Waals surface area contributed by atoms with E-state index in [0.717, 1.165) is 11.1 Å². The third-order valence-electron chi connectivity index (χ3n) is 5.42. The van der Waals surface area contributed by atoms with E-state index in [0.29, 0.717) is 22.3 Å². The maximum absolute atomic E-state index is 12.0. The quantitative estimate of drug-likeness (QED) is 0.182. The minimum absolute atomic E-state index is 0. The van der Waals surface area contributed by atoms with Gasteiger partial charge in [-0.25, -0.2) is 0 Å². The molecule has 0 atom stereocenters. The molecule has 6 nitrogen and oxygen atoms in total. The van der Waals surface area contributed by atoms with Crippen molar-refractivity contribution in [1.82, 2.24) is 0 Å². The van der Waals surface area contributed by atoms with Gasteiger partial charge in [0.05, 0.1) is 0 Å². The minimum atomic E-state index is -4.47. The van der Waals surface area contributed by atoms with E-state index in [4.69, 9.17) is 0 Å². The third kappa shape index (κ3) is 7.59. The van der Waals surface area contributed by atoms with Crippen LogP contribution in [0, 0.1) is 0 Å². The van der Waals surface area contributed by atoms with Crippen LogP contribution in [0.15, 0.2) is 109 Å². The van der Waals surface area contributed by atoms with Gasteiger partial charge in [-0.2, -0.15) is 16.8 Å². The number of hydrogen-bond acceptors (Lipinski definition) is 4. The van der Waals surface area contributed by atoms with E-state index in [1.807, 2.05) is 0 Å². The molecule has 2 N–H and O–H groups in total. The molecule has 0 unspecified atom stereocenters. The molecule has 0 aromatic heterocycles. The SMILES string of the molecule is O=S(=O)(O)C(=Cc1ccccc1)c1ccc(-c2ccc(C(=Cc3ccccc3)S(=O)(=O)O)cc2)cc1.[NaH]. The molecule has 0 radical (unpaired) electrons. The Morgan fingerprint density at radius 2 is 0.784 bits per heavy atom. The summed E-state index contributed by atoms with van der Waals surface area (Å²) in [6, 6.07) is 30.8. The van der Waals surface area contributed by atoms with Crippen LogP contribution >= 0.6 is 0 Å². The van der Waals surface area contributed by atoms with Crippen LogP contribution < -0.4 is 0 Å². The molecule has 4 aromatic rings. The first-order valence-electron chi connectivity index (χ1n) is 10.8. The van der Waals surface area contributed by atoms with E-state index in [1.165, 1.54) is 12.2 Å². The monoisotopic (exact) mass is 542 g/mol. The Kier molecular flexibility index (Phi) is 9.44. The number of benzene rings is 4. The van der Waals surface area contributed by atoms with Crippen LogP contribution in [0.5, 0.6) is 0 Å². The van der Waals surface area contributed by atoms with Gasteiger partial charge >= 0.3 is 29.6 Å². The summed E-state index contributed by atoms with van der Waals surface area (Å²) in [5.74, 6) is 0. The van der Waals surface area contributed by atoms with Crippen LogP contribution in [0.1, 0.15) is 22.3 Å². The van der Waals surface area contributed by atoms with Crippen molar-refractivity contribution in [3.8, 4) is 11.1 Å². The van der Waals surface area contributed by atoms with Gasteiger partial charge in [-0.3, -0.25) is 9.11 Å². The molecule has 0 saturated heterocycles. The van der Waals surface area contributed by atoms with Gasteiger partial charge in [-0.05, 0) is 45.5 Å². The fourth-order valence-corrected chi connectivity index (χ4v) is 5.11. The summed E-state index contributed by atoms with van der Waals surface area (Å²) in [6.07, 6.45) is 2.80. The van der Waals surface area contributed by atoms with Crippen LogP contribution in [0.2, 0.25) is 0 Å². The van der Waals surface area contributed by atoms with Crippen molar-refractivity contribution >= 4 is 71.8 Å². The average Bonchev–Trinajstić information content (AvgIpc) is 2.86. The molecule has 0 amide bonds. The van der Waals surface area contributed by atoms with Crippen molar-refractivity contribution in [3.63, 3.8) is 0 Å². The van der Waals surface area contributed by atoms with Gasteiger partial charge < -0.3 is 0 Å². The molecule has 0 aliphatic heterocycles. The van der Waals surface area contributed by atoms with Crippen LogP contribution in [-0.4, -0.2) is 55.5 Å². The van der Waals surface area contributed by atoms with Crippen molar-refractivity contribution in [2.75, 3.05) is 0 Å². The second-order valence-electron chi connectivity index (χ2n) is 7.94. The standard InChI is InChI=1S/C28H22O6S2.Na.H/c29-35(30,31)27(19-21-7-3-1-4-8-21)25-15-11-23(12-16-25)24-13-17-26(18-14-24)28(36(32,33)34)20-22-9-5-2-6-10-22;;/h1-20H,(H,29,30,31)(H,32,33,34);;. The molecule has 0 spiro atoms. The van der Waals surface area contributed by atoms with Gasteiger partial charge in [0.25, 0.3) is 20.2 Å². The second kappa shape index (κ2) is 12.1. The fourth-order valence-electron chi connectivity index (χ4n) is 3.67. The molecule has 0 aliphatic rings. The normalized spacial score (nSPS) is 12.6. The van der Waals surface area contributed by atoms with Gasteiger partial charge in [0.15, 0.2) is 0 Å². The van der Waals surface area contributed by atoms with Gasteiger partial charge in [-0.1, -0.05) is 109 Å². The second-order valence-corrected chi connectivity index (χ2v) is 10.7. The molecule has 4 aromatic carbocycles. The van der Waals surface area contributed by atoms with Crippen molar-refractivity contribution in [2.24, 2.45) is 0 Å². The van der Waals surface area contributed by atoms with Crippen molar-refractivity contribution in [3.05, 3.63) is 131 Å². The Balaban J connectivity index is 0.00000380. The van der Waals surface area contributed by atoms with E-state index in [1.54, 1.807) is 109 Å². The first kappa shape index (κ1) is 28.7. The Labute approximate surface area is 238 Å². The van der Waals surface area contributed by atoms with E-state index in [2.05, 4.69) is 0 Å². The third-order valence-corrected chi connectivity index (χ3v) is 7.24. The predicted octanol–water partition coefficient (Wildman–Crippen LogP) is 5.48. The molecule has 0 saturated carbocycles. The van der Waals surface area contributed by atoms with Gasteiger partial charge in [-0.15, -0.1) is 0 Å². The van der Waals surface area contributed by atoms with Gasteiger partial charge in [0.2, 0.25) is 0 Å². The number of rotatable bonds is 7. The Morgan fingerprint density at radius 3 is 1.05 bits per heavy atom. The Morgan fingerprint density at radius 1 is 0.486 bits per heavy atom. The molecular weight excluding hydrogens is 519 g/mol. The summed E-state index contributed by atoms with van der Waals surface area (Å²) in [4.78, 5) is -0.445. The number of hydrogen-bond donors (Lipinski definition) is 2. The fraction of sp³-hybridized carbons (Fsp3) is 0. The Hall–Kier alpha value is -2.82. The summed E-state index contributed by atoms with van der Waals surface area (Å²) in [5.41, 5.74) is 3.40. The summed E-state index contributed by atoms with van der Waals surface area (Å²) < 4.78 is 67.6. The predicted molar refractivity (Wildman–Crippen MR) is 151 cm³/mol. The average molecular weight is 543 g/mol. The molecule has 9 heteroatoms. The molecule has 0 bridgehead atoms. The summed E-state index contributed by atoms with van der Waals surface area (Å²) in [6.45, 7) is 0. The van der Waals surface area contributed by atoms with Gasteiger partial charge in [0, 0.05) is 0 Å². The van der Waals surface area contributed by atoms with Crippen molar-refractivity contribution in [2.45, 2.75) is 0 Å². The van der Waals surface area contributed by atoms with Crippen molar-refractivity contribution < 1.29 is 25.9 Å². The van der Waals surface area contributed by atoms with Crippen LogP contribution in [0.4, 0.5) is 0 Å². The topological polar surface area (TPSA) is 109 Å². The molecule has 4 rings (SSSR count). The molecule has 0 fully saturated rings. The Bertz CT molecular complexity index is 1500. The van der Waals surface area contributed by atoms with E-state index < -0.39 is 20.2 Å². The van der Waals surface area contributed by atoms with Crippen LogP contribution in [-0.2, 0) is 20.2 Å². The van der Waals surface area contributed by atoms with Crippen molar-refractivity contribution in [1.29, 1.82) is 0 Å². The molecule has 184 valence electrons.